The van der Waals surface area contributed by atoms with E-state index < -0.39 is 0 Å². The summed E-state index contributed by atoms with van der Waals surface area (Å²) in [6.07, 6.45) is 5.36. The van der Waals surface area contributed by atoms with Gasteiger partial charge >= 0.3 is 5.97 Å². The second-order valence-corrected chi connectivity index (χ2v) is 3.67. The van der Waals surface area contributed by atoms with E-state index in [2.05, 4.69) is 0 Å². The van der Waals surface area contributed by atoms with Gasteiger partial charge in [0, 0.05) is 12.6 Å². The number of nitrogens with zero attached hydrogens (tertiary/aromatic N) is 1. The van der Waals surface area contributed by atoms with Crippen LogP contribution in [0.1, 0.15) is 12.2 Å². The highest BCUT2D eigenvalue weighted by Crippen LogP contribution is 2.02. The molecule has 0 unspecified atom stereocenters. The Morgan fingerprint density at radius 1 is 1.53 bits per heavy atom. The summed E-state index contributed by atoms with van der Waals surface area (Å²) in [5.41, 5.74) is 0. The molecule has 0 fully saturated rings. The molecule has 0 amide bonds. The smallest absolute Gasteiger partial charge is 0.330 e. The number of ether oxygens (including phenoxy) is 1. The van der Waals surface area contributed by atoms with Crippen molar-refractivity contribution in [1.29, 1.82) is 0 Å². The van der Waals surface area contributed by atoms with E-state index in [9.17, 15) is 4.79 Å². The Hall–Kier alpha value is -1.26. The van der Waals surface area contributed by atoms with Gasteiger partial charge in [-0.25, -0.2) is 4.79 Å². The van der Waals surface area contributed by atoms with Crippen LogP contribution >= 0.6 is 12.4 Å². The maximum atomic E-state index is 11.2. The van der Waals surface area contributed by atoms with Gasteiger partial charge in [-0.15, -0.1) is 12.4 Å². The summed E-state index contributed by atoms with van der Waals surface area (Å²) >= 11 is 0. The van der Waals surface area contributed by atoms with Gasteiger partial charge in [-0.05, 0) is 38.7 Å². The quantitative estimate of drug-likeness (QED) is 0.446. The van der Waals surface area contributed by atoms with E-state index in [1.165, 1.54) is 6.08 Å². The van der Waals surface area contributed by atoms with Crippen LogP contribution in [0, 0.1) is 0 Å². The second-order valence-electron chi connectivity index (χ2n) is 3.67. The fourth-order valence-electron chi connectivity index (χ4n) is 1.14. The Labute approximate surface area is 108 Å². The van der Waals surface area contributed by atoms with Crippen LogP contribution in [0.15, 0.2) is 28.9 Å². The number of esters is 1. The summed E-state index contributed by atoms with van der Waals surface area (Å²) in [6, 6.07) is 3.54. The predicted octanol–water partition coefficient (Wildman–Crippen LogP) is 2.21. The number of hydrogen-bond acceptors (Lipinski definition) is 4. The monoisotopic (exact) mass is 259 g/mol. The molecule has 0 radical (unpaired) electrons. The molecule has 1 aromatic rings. The minimum atomic E-state index is -0.338. The number of rotatable bonds is 6. The predicted molar refractivity (Wildman–Crippen MR) is 69.1 cm³/mol. The molecule has 0 atom stereocenters. The highest BCUT2D eigenvalue weighted by atomic mass is 35.5. The molecule has 0 aliphatic carbocycles. The van der Waals surface area contributed by atoms with Crippen molar-refractivity contribution in [2.75, 3.05) is 27.2 Å². The number of hydrogen-bond donors (Lipinski definition) is 0. The normalized spacial score (nSPS) is 10.5. The third-order valence-corrected chi connectivity index (χ3v) is 1.92. The maximum absolute atomic E-state index is 11.2. The molecule has 0 aliphatic heterocycles. The van der Waals surface area contributed by atoms with Crippen LogP contribution in [0.5, 0.6) is 0 Å². The van der Waals surface area contributed by atoms with Crippen LogP contribution in [0.4, 0.5) is 0 Å². The molecule has 0 saturated heterocycles. The Balaban J connectivity index is 0.00000256. The molecule has 1 rings (SSSR count). The Kier molecular flexibility index (Phi) is 8.19. The van der Waals surface area contributed by atoms with Gasteiger partial charge in [-0.3, -0.25) is 0 Å². The van der Waals surface area contributed by atoms with E-state index in [0.717, 1.165) is 13.0 Å². The van der Waals surface area contributed by atoms with Crippen LogP contribution < -0.4 is 0 Å². The van der Waals surface area contributed by atoms with Gasteiger partial charge < -0.3 is 14.1 Å². The first kappa shape index (κ1) is 15.7. The topological polar surface area (TPSA) is 42.7 Å². The molecule has 1 heterocycles. The zero-order chi connectivity index (χ0) is 11.8. The number of carbonyl (C=O) groups excluding carboxylic acids is 1. The van der Waals surface area contributed by atoms with Gasteiger partial charge in [0.25, 0.3) is 0 Å². The molecule has 0 N–H and O–H groups in total. The third kappa shape index (κ3) is 7.60. The number of halogens is 1. The van der Waals surface area contributed by atoms with E-state index >= 15 is 0 Å². The minimum Gasteiger partial charge on any atom is -0.465 e. The molecular weight excluding hydrogens is 242 g/mol. The highest BCUT2D eigenvalue weighted by Gasteiger charge is 1.98. The van der Waals surface area contributed by atoms with Crippen LogP contribution in [-0.4, -0.2) is 38.1 Å². The van der Waals surface area contributed by atoms with Crippen molar-refractivity contribution in [2.24, 2.45) is 0 Å². The Morgan fingerprint density at radius 3 is 2.88 bits per heavy atom. The molecule has 96 valence electrons. The fourth-order valence-corrected chi connectivity index (χ4v) is 1.14. The summed E-state index contributed by atoms with van der Waals surface area (Å²) in [6.45, 7) is 1.36. The van der Waals surface area contributed by atoms with Crippen LogP contribution in [0.25, 0.3) is 6.08 Å². The summed E-state index contributed by atoms with van der Waals surface area (Å²) in [5.74, 6) is 0.306. The van der Waals surface area contributed by atoms with Crippen LogP contribution in [-0.2, 0) is 9.53 Å². The lowest BCUT2D eigenvalue weighted by Gasteiger charge is -2.08. The molecule has 0 spiro atoms. The summed E-state index contributed by atoms with van der Waals surface area (Å²) in [4.78, 5) is 13.3. The van der Waals surface area contributed by atoms with Gasteiger partial charge in [-0.2, -0.15) is 0 Å². The molecule has 17 heavy (non-hydrogen) atoms. The fraction of sp³-hybridized carbons (Fsp3) is 0.417. The average molecular weight is 260 g/mol. The summed E-state index contributed by atoms with van der Waals surface area (Å²) in [5, 5.41) is 0. The molecule has 0 aliphatic rings. The van der Waals surface area contributed by atoms with Crippen molar-refractivity contribution in [3.63, 3.8) is 0 Å². The van der Waals surface area contributed by atoms with Crippen molar-refractivity contribution in [3.8, 4) is 0 Å². The van der Waals surface area contributed by atoms with Crippen LogP contribution in [0.2, 0.25) is 0 Å². The lowest BCUT2D eigenvalue weighted by Crippen LogP contribution is -2.15. The first-order chi connectivity index (χ1) is 7.68. The van der Waals surface area contributed by atoms with Gasteiger partial charge in [-0.1, -0.05) is 0 Å². The molecular formula is C12H18ClNO3. The van der Waals surface area contributed by atoms with Crippen molar-refractivity contribution < 1.29 is 13.9 Å². The Bertz CT molecular complexity index is 334. The zero-order valence-electron chi connectivity index (χ0n) is 10.1. The van der Waals surface area contributed by atoms with Crippen molar-refractivity contribution in [1.82, 2.24) is 4.90 Å². The molecule has 5 heteroatoms. The largest absolute Gasteiger partial charge is 0.465 e. The SMILES string of the molecule is CN(C)CCCOC(=O)/C=C/c1ccco1.Cl. The van der Waals surface area contributed by atoms with E-state index in [0.29, 0.717) is 12.4 Å². The molecule has 0 bridgehead atoms. The first-order valence-electron chi connectivity index (χ1n) is 5.21. The molecule has 4 nitrogen and oxygen atoms in total. The van der Waals surface area contributed by atoms with E-state index in [1.807, 2.05) is 19.0 Å². The number of furan rings is 1. The van der Waals surface area contributed by atoms with Gasteiger partial charge in [0.05, 0.1) is 12.9 Å². The van der Waals surface area contributed by atoms with Crippen molar-refractivity contribution >= 4 is 24.5 Å². The maximum Gasteiger partial charge on any atom is 0.330 e. The standard InChI is InChI=1S/C12H17NO3.ClH/c1-13(2)8-4-10-16-12(14)7-6-11-5-3-9-15-11;/h3,5-7,9H,4,8,10H2,1-2H3;1H/b7-6+;. The zero-order valence-corrected chi connectivity index (χ0v) is 10.9. The summed E-state index contributed by atoms with van der Waals surface area (Å²) < 4.78 is 10.0. The lowest BCUT2D eigenvalue weighted by molar-refractivity contribution is -0.137. The van der Waals surface area contributed by atoms with Crippen LogP contribution in [0.3, 0.4) is 0 Å². The van der Waals surface area contributed by atoms with E-state index in [-0.39, 0.29) is 18.4 Å². The number of carbonyl (C=O) groups is 1. The van der Waals surface area contributed by atoms with Crippen molar-refractivity contribution in [2.45, 2.75) is 6.42 Å². The highest BCUT2D eigenvalue weighted by molar-refractivity contribution is 5.86. The molecule has 0 aromatic carbocycles. The van der Waals surface area contributed by atoms with E-state index in [4.69, 9.17) is 9.15 Å². The molecule has 0 saturated carbocycles. The first-order valence-corrected chi connectivity index (χ1v) is 5.21. The lowest BCUT2D eigenvalue weighted by atomic mass is 10.4. The summed E-state index contributed by atoms with van der Waals surface area (Å²) in [7, 11) is 3.97. The second kappa shape index (κ2) is 8.84. The van der Waals surface area contributed by atoms with E-state index in [1.54, 1.807) is 24.5 Å². The minimum absolute atomic E-state index is 0. The van der Waals surface area contributed by atoms with Gasteiger partial charge in [0.1, 0.15) is 5.76 Å². The third-order valence-electron chi connectivity index (χ3n) is 1.92. The van der Waals surface area contributed by atoms with Gasteiger partial charge in [0.2, 0.25) is 0 Å². The average Bonchev–Trinajstić information content (AvgIpc) is 2.74. The van der Waals surface area contributed by atoms with Crippen molar-refractivity contribution in [3.05, 3.63) is 30.2 Å². The molecule has 1 aromatic heterocycles. The Morgan fingerprint density at radius 2 is 2.29 bits per heavy atom. The van der Waals surface area contributed by atoms with Gasteiger partial charge in [0.15, 0.2) is 0 Å².